The van der Waals surface area contributed by atoms with Crippen molar-refractivity contribution in [3.8, 4) is 0 Å². The highest BCUT2D eigenvalue weighted by Crippen LogP contribution is 2.44. The van der Waals surface area contributed by atoms with Crippen LogP contribution in [-0.4, -0.2) is 40.0 Å². The van der Waals surface area contributed by atoms with Crippen molar-refractivity contribution < 1.29 is 23.7 Å². The minimum Gasteiger partial charge on any atom is -0.492 e. The molecule has 0 saturated carbocycles. The fraction of sp³-hybridized carbons (Fsp3) is 0.654. The van der Waals surface area contributed by atoms with Crippen molar-refractivity contribution in [2.24, 2.45) is 11.8 Å². The molecular weight excluding hydrogens is 392 g/mol. The highest BCUT2D eigenvalue weighted by molar-refractivity contribution is 5.97. The van der Waals surface area contributed by atoms with Crippen molar-refractivity contribution in [2.45, 2.75) is 72.5 Å². The van der Waals surface area contributed by atoms with Crippen LogP contribution in [0.2, 0.25) is 0 Å². The van der Waals surface area contributed by atoms with E-state index in [4.69, 9.17) is 18.9 Å². The number of carbonyl (C=O) groups excluding carboxylic acids is 1. The molecule has 0 radical (unpaired) electrons. The lowest BCUT2D eigenvalue weighted by atomic mass is 9.75. The van der Waals surface area contributed by atoms with Crippen LogP contribution >= 0.6 is 0 Å². The van der Waals surface area contributed by atoms with Gasteiger partial charge in [0.25, 0.3) is 0 Å². The molecule has 0 aromatic rings. The monoisotopic (exact) mass is 434 g/mol. The first kappa shape index (κ1) is 27.2. The molecule has 5 nitrogen and oxygen atoms in total. The highest BCUT2D eigenvalue weighted by atomic mass is 16.7. The summed E-state index contributed by atoms with van der Waals surface area (Å²) in [6.07, 6.45) is 11.6. The van der Waals surface area contributed by atoms with Crippen molar-refractivity contribution in [1.29, 1.82) is 0 Å². The third-order valence-electron chi connectivity index (χ3n) is 6.14. The van der Waals surface area contributed by atoms with Crippen LogP contribution in [0, 0.1) is 11.8 Å². The van der Waals surface area contributed by atoms with Gasteiger partial charge < -0.3 is 18.9 Å². The van der Waals surface area contributed by atoms with Crippen molar-refractivity contribution in [3.05, 3.63) is 46.5 Å². The van der Waals surface area contributed by atoms with Crippen molar-refractivity contribution >= 4 is 5.78 Å². The number of ketones is 1. The largest absolute Gasteiger partial charge is 0.492 e. The molecule has 0 fully saturated rings. The van der Waals surface area contributed by atoms with E-state index in [9.17, 15) is 4.79 Å². The summed E-state index contributed by atoms with van der Waals surface area (Å²) >= 11 is 0. The number of rotatable bonds is 12. The van der Waals surface area contributed by atoms with Gasteiger partial charge in [-0.15, -0.1) is 0 Å². The Morgan fingerprint density at radius 3 is 1.90 bits per heavy atom. The van der Waals surface area contributed by atoms with E-state index in [2.05, 4.69) is 45.9 Å². The molecule has 176 valence electrons. The number of methoxy groups -OCH3 is 4. The van der Waals surface area contributed by atoms with Gasteiger partial charge >= 0.3 is 0 Å². The first-order chi connectivity index (χ1) is 14.7. The predicted octanol–water partition coefficient (Wildman–Crippen LogP) is 6.12. The van der Waals surface area contributed by atoms with Gasteiger partial charge in [-0.05, 0) is 59.8 Å². The molecule has 0 aliphatic heterocycles. The number of Topliss-reactive ketones (excluding diaryl/α,β-unsaturated/α-hetero) is 1. The van der Waals surface area contributed by atoms with E-state index < -0.39 is 5.79 Å². The Bertz CT molecular complexity index is 718. The molecule has 0 spiro atoms. The van der Waals surface area contributed by atoms with Gasteiger partial charge in [0.05, 0.1) is 14.2 Å². The van der Waals surface area contributed by atoms with Crippen molar-refractivity contribution in [2.75, 3.05) is 28.4 Å². The molecule has 2 atom stereocenters. The molecule has 0 aromatic heterocycles. The van der Waals surface area contributed by atoms with E-state index in [1.165, 1.54) is 30.9 Å². The zero-order valence-corrected chi connectivity index (χ0v) is 21.0. The summed E-state index contributed by atoms with van der Waals surface area (Å²) < 4.78 is 22.3. The van der Waals surface area contributed by atoms with E-state index in [0.717, 1.165) is 25.7 Å². The molecule has 0 saturated heterocycles. The van der Waals surface area contributed by atoms with Crippen LogP contribution in [0.5, 0.6) is 0 Å². The van der Waals surface area contributed by atoms with E-state index in [1.54, 1.807) is 14.2 Å². The smallest absolute Gasteiger partial charge is 0.234 e. The van der Waals surface area contributed by atoms with Crippen LogP contribution in [-0.2, 0) is 23.7 Å². The molecule has 0 aromatic carbocycles. The Morgan fingerprint density at radius 1 is 0.871 bits per heavy atom. The summed E-state index contributed by atoms with van der Waals surface area (Å²) in [5.41, 5.74) is 4.07. The fourth-order valence-electron chi connectivity index (χ4n) is 4.18. The molecule has 0 N–H and O–H groups in total. The van der Waals surface area contributed by atoms with Crippen LogP contribution in [0.25, 0.3) is 0 Å². The van der Waals surface area contributed by atoms with Crippen LogP contribution in [0.3, 0.4) is 0 Å². The number of ether oxygens (including phenoxy) is 4. The van der Waals surface area contributed by atoms with E-state index in [0.29, 0.717) is 12.2 Å². The topological polar surface area (TPSA) is 54.0 Å². The molecule has 31 heavy (non-hydrogen) atoms. The summed E-state index contributed by atoms with van der Waals surface area (Å²) in [6.45, 7) is 10.5. The molecule has 0 amide bonds. The average Bonchev–Trinajstić information content (AvgIpc) is 2.73. The average molecular weight is 435 g/mol. The van der Waals surface area contributed by atoms with Gasteiger partial charge in [-0.25, -0.2) is 0 Å². The molecule has 0 heterocycles. The zero-order chi connectivity index (χ0) is 23.6. The Morgan fingerprint density at radius 2 is 1.42 bits per heavy atom. The second kappa shape index (κ2) is 12.9. The van der Waals surface area contributed by atoms with Crippen molar-refractivity contribution in [1.82, 2.24) is 0 Å². The maximum atomic E-state index is 13.1. The van der Waals surface area contributed by atoms with Gasteiger partial charge in [0.1, 0.15) is 0 Å². The Labute approximate surface area is 189 Å². The standard InChI is InChI=1S/C26H42O5/c1-18(2)12-10-13-19(3)14-11-15-20(4)16-17-22-21(5)26(30-8,31-9)25(29-7)24(28-6)23(22)27/h12,14,16,21-22H,10-11,13,15,17H2,1-9H3/b19-14+,20-16+/t21-,22?/m1/s1. The highest BCUT2D eigenvalue weighted by Gasteiger charge is 2.54. The van der Waals surface area contributed by atoms with Gasteiger partial charge in [0.2, 0.25) is 23.1 Å². The fourth-order valence-corrected chi connectivity index (χ4v) is 4.18. The van der Waals surface area contributed by atoms with E-state index >= 15 is 0 Å². The summed E-state index contributed by atoms with van der Waals surface area (Å²) in [4.78, 5) is 13.1. The predicted molar refractivity (Wildman–Crippen MR) is 125 cm³/mol. The third-order valence-corrected chi connectivity index (χ3v) is 6.14. The van der Waals surface area contributed by atoms with Crippen LogP contribution in [0.15, 0.2) is 46.5 Å². The summed E-state index contributed by atoms with van der Waals surface area (Å²) in [5.74, 6) is -1.30. The second-order valence-corrected chi connectivity index (χ2v) is 8.60. The summed E-state index contributed by atoms with van der Waals surface area (Å²) in [5, 5.41) is 0. The minimum absolute atomic E-state index is 0.0735. The van der Waals surface area contributed by atoms with E-state index in [-0.39, 0.29) is 23.4 Å². The molecule has 0 bridgehead atoms. The lowest BCUT2D eigenvalue weighted by Crippen LogP contribution is -2.52. The van der Waals surface area contributed by atoms with Crippen molar-refractivity contribution in [3.63, 3.8) is 0 Å². The Hall–Kier alpha value is -1.85. The first-order valence-corrected chi connectivity index (χ1v) is 11.1. The number of allylic oxidation sites excluding steroid dienone is 7. The van der Waals surface area contributed by atoms with Gasteiger partial charge in [0.15, 0.2) is 0 Å². The van der Waals surface area contributed by atoms with E-state index in [1.807, 2.05) is 6.92 Å². The van der Waals surface area contributed by atoms with Crippen LogP contribution in [0.1, 0.15) is 66.7 Å². The SMILES string of the molecule is COC1=C(OC)C(OC)(OC)[C@H](C)C(C/C=C(\C)CC/C=C(\C)CCC=C(C)C)C1=O. The number of hydrogen-bond donors (Lipinski definition) is 0. The van der Waals surface area contributed by atoms with Gasteiger partial charge in [-0.2, -0.15) is 0 Å². The third kappa shape index (κ3) is 6.81. The maximum Gasteiger partial charge on any atom is 0.234 e. The molecule has 1 aliphatic carbocycles. The maximum absolute atomic E-state index is 13.1. The van der Waals surface area contributed by atoms with Gasteiger partial charge in [0, 0.05) is 26.1 Å². The van der Waals surface area contributed by atoms with Gasteiger partial charge in [-0.1, -0.05) is 41.9 Å². The number of carbonyl (C=O) groups is 1. The Kier molecular flexibility index (Phi) is 11.3. The quantitative estimate of drug-likeness (QED) is 0.273. The Balaban J connectivity index is 2.87. The first-order valence-electron chi connectivity index (χ1n) is 11.1. The second-order valence-electron chi connectivity index (χ2n) is 8.60. The lowest BCUT2D eigenvalue weighted by Gasteiger charge is -2.43. The van der Waals surface area contributed by atoms with Crippen LogP contribution in [0.4, 0.5) is 0 Å². The van der Waals surface area contributed by atoms with Crippen LogP contribution < -0.4 is 0 Å². The molecule has 1 aliphatic rings. The molecule has 1 unspecified atom stereocenters. The lowest BCUT2D eigenvalue weighted by molar-refractivity contribution is -0.244. The minimum atomic E-state index is -1.15. The van der Waals surface area contributed by atoms with Gasteiger partial charge in [-0.3, -0.25) is 4.79 Å². The molecule has 1 rings (SSSR count). The number of hydrogen-bond acceptors (Lipinski definition) is 5. The zero-order valence-electron chi connectivity index (χ0n) is 21.0. The normalized spacial score (nSPS) is 21.9. The summed E-state index contributed by atoms with van der Waals surface area (Å²) in [6, 6.07) is 0. The summed E-state index contributed by atoms with van der Waals surface area (Å²) in [7, 11) is 6.10. The molecule has 5 heteroatoms. The molecular formula is C26H42O5.